The molecule has 0 N–H and O–H groups in total. The molecule has 6 nitrogen and oxygen atoms in total. The lowest BCUT2D eigenvalue weighted by Crippen LogP contribution is -2.30. The van der Waals surface area contributed by atoms with Crippen LogP contribution in [0.25, 0.3) is 0 Å². The first-order chi connectivity index (χ1) is 31.5. The molecule has 0 amide bonds. The second kappa shape index (κ2) is 53.0. The number of allylic oxidation sites excluding steroid dienone is 8. The van der Waals surface area contributed by atoms with E-state index in [0.717, 1.165) is 77.0 Å². The van der Waals surface area contributed by atoms with Crippen molar-refractivity contribution >= 4 is 17.9 Å². The van der Waals surface area contributed by atoms with Crippen molar-refractivity contribution in [1.82, 2.24) is 0 Å². The highest BCUT2D eigenvalue weighted by Crippen LogP contribution is 2.15. The van der Waals surface area contributed by atoms with Gasteiger partial charge in [-0.15, -0.1) is 0 Å². The van der Waals surface area contributed by atoms with Crippen molar-refractivity contribution in [3.05, 3.63) is 48.6 Å². The highest BCUT2D eigenvalue weighted by atomic mass is 16.6. The Kier molecular flexibility index (Phi) is 50.8. The molecule has 0 heterocycles. The van der Waals surface area contributed by atoms with Crippen molar-refractivity contribution < 1.29 is 28.6 Å². The normalized spacial score (nSPS) is 12.4. The van der Waals surface area contributed by atoms with Crippen molar-refractivity contribution in [1.29, 1.82) is 0 Å². The topological polar surface area (TPSA) is 78.9 Å². The summed E-state index contributed by atoms with van der Waals surface area (Å²) in [6.45, 7) is 6.58. The molecule has 0 fully saturated rings. The highest BCUT2D eigenvalue weighted by Gasteiger charge is 2.19. The van der Waals surface area contributed by atoms with Gasteiger partial charge in [0.05, 0.1) is 0 Å². The molecule has 0 spiro atoms. The molecule has 0 aromatic rings. The molecule has 0 radical (unpaired) electrons. The molecule has 1 unspecified atom stereocenters. The average molecular weight is 897 g/mol. The van der Waals surface area contributed by atoms with Gasteiger partial charge in [-0.25, -0.2) is 0 Å². The smallest absolute Gasteiger partial charge is 0.306 e. The van der Waals surface area contributed by atoms with E-state index in [2.05, 4.69) is 69.4 Å². The number of esters is 3. The van der Waals surface area contributed by atoms with Gasteiger partial charge in [-0.05, 0) is 83.5 Å². The van der Waals surface area contributed by atoms with Crippen LogP contribution in [0.1, 0.15) is 284 Å². The number of unbranched alkanes of at least 4 members (excludes halogenated alkanes) is 31. The van der Waals surface area contributed by atoms with Crippen LogP contribution >= 0.6 is 0 Å². The van der Waals surface area contributed by atoms with E-state index in [0.29, 0.717) is 19.3 Å². The van der Waals surface area contributed by atoms with Crippen molar-refractivity contribution in [3.8, 4) is 0 Å². The molecule has 0 aliphatic heterocycles. The summed E-state index contributed by atoms with van der Waals surface area (Å²) in [6.07, 6.45) is 63.9. The predicted molar refractivity (Wildman–Crippen MR) is 275 cm³/mol. The number of hydrogen-bond donors (Lipinski definition) is 0. The van der Waals surface area contributed by atoms with Gasteiger partial charge < -0.3 is 14.2 Å². The van der Waals surface area contributed by atoms with Gasteiger partial charge in [0.2, 0.25) is 0 Å². The summed E-state index contributed by atoms with van der Waals surface area (Å²) in [7, 11) is 0. The summed E-state index contributed by atoms with van der Waals surface area (Å²) in [4.78, 5) is 37.9. The van der Waals surface area contributed by atoms with Crippen molar-refractivity contribution in [2.45, 2.75) is 290 Å². The van der Waals surface area contributed by atoms with Crippen molar-refractivity contribution in [3.63, 3.8) is 0 Å². The van der Waals surface area contributed by atoms with E-state index in [1.165, 1.54) is 167 Å². The third-order valence-corrected chi connectivity index (χ3v) is 12.1. The first-order valence-corrected chi connectivity index (χ1v) is 27.6. The lowest BCUT2D eigenvalue weighted by molar-refractivity contribution is -0.167. The van der Waals surface area contributed by atoms with Gasteiger partial charge in [0, 0.05) is 19.3 Å². The van der Waals surface area contributed by atoms with Gasteiger partial charge in [-0.2, -0.15) is 0 Å². The van der Waals surface area contributed by atoms with Crippen molar-refractivity contribution in [2.75, 3.05) is 13.2 Å². The number of carbonyl (C=O) groups excluding carboxylic acids is 3. The van der Waals surface area contributed by atoms with Crippen LogP contribution in [0.15, 0.2) is 48.6 Å². The molecule has 1 atom stereocenters. The number of hydrogen-bond acceptors (Lipinski definition) is 6. The molecule has 0 aliphatic carbocycles. The van der Waals surface area contributed by atoms with E-state index in [9.17, 15) is 14.4 Å². The second-order valence-corrected chi connectivity index (χ2v) is 18.5. The van der Waals surface area contributed by atoms with Crippen LogP contribution in [-0.4, -0.2) is 37.2 Å². The quantitative estimate of drug-likeness (QED) is 0.0262. The van der Waals surface area contributed by atoms with E-state index in [-0.39, 0.29) is 31.1 Å². The number of ether oxygens (including phenoxy) is 3. The third-order valence-electron chi connectivity index (χ3n) is 12.1. The summed E-state index contributed by atoms with van der Waals surface area (Å²) in [5.74, 6) is -0.883. The number of carbonyl (C=O) groups is 3. The maximum Gasteiger partial charge on any atom is 0.306 e. The molecule has 0 aromatic carbocycles. The first kappa shape index (κ1) is 61.4. The summed E-state index contributed by atoms with van der Waals surface area (Å²) >= 11 is 0. The van der Waals surface area contributed by atoms with Gasteiger partial charge in [-0.1, -0.05) is 230 Å². The average Bonchev–Trinajstić information content (AvgIpc) is 3.29. The molecular weight excluding hydrogens is 793 g/mol. The first-order valence-electron chi connectivity index (χ1n) is 27.6. The van der Waals surface area contributed by atoms with E-state index < -0.39 is 6.10 Å². The maximum atomic E-state index is 12.8. The summed E-state index contributed by atoms with van der Waals surface area (Å²) in [6, 6.07) is 0. The Bertz CT molecular complexity index is 1120. The zero-order chi connectivity index (χ0) is 46.5. The van der Waals surface area contributed by atoms with Crippen LogP contribution in [0.5, 0.6) is 0 Å². The molecule has 0 bridgehead atoms. The molecule has 0 rings (SSSR count). The Morgan fingerprint density at radius 3 is 0.891 bits per heavy atom. The Morgan fingerprint density at radius 1 is 0.312 bits per heavy atom. The molecule has 0 saturated carbocycles. The standard InChI is InChI=1S/C58H104O6/c1-4-7-10-13-16-19-21-23-25-27-28-29-30-32-33-35-37-39-42-45-48-51-57(60)63-54-55(53-62-56(59)50-47-44-41-18-15-12-9-6-3)64-58(61)52-49-46-43-40-38-36-34-31-26-24-22-20-17-14-11-8-5-2/h17,20-21,23-24,26-28,55H,4-16,18-19,22,25,29-54H2,1-3H3/b20-17-,23-21-,26-24-,28-27-. The van der Waals surface area contributed by atoms with E-state index >= 15 is 0 Å². The second-order valence-electron chi connectivity index (χ2n) is 18.5. The Hall–Kier alpha value is -2.63. The van der Waals surface area contributed by atoms with Gasteiger partial charge in [0.25, 0.3) is 0 Å². The lowest BCUT2D eigenvalue weighted by Gasteiger charge is -2.18. The molecule has 64 heavy (non-hydrogen) atoms. The monoisotopic (exact) mass is 897 g/mol. The Labute approximate surface area is 397 Å². The third kappa shape index (κ3) is 50.4. The van der Waals surface area contributed by atoms with E-state index in [1.54, 1.807) is 0 Å². The highest BCUT2D eigenvalue weighted by molar-refractivity contribution is 5.71. The van der Waals surface area contributed by atoms with Crippen LogP contribution in [-0.2, 0) is 28.6 Å². The summed E-state index contributed by atoms with van der Waals surface area (Å²) in [5, 5.41) is 0. The van der Waals surface area contributed by atoms with Gasteiger partial charge in [-0.3, -0.25) is 14.4 Å². The summed E-state index contributed by atoms with van der Waals surface area (Å²) in [5.41, 5.74) is 0. The molecule has 6 heteroatoms. The predicted octanol–water partition coefficient (Wildman–Crippen LogP) is 18.3. The Morgan fingerprint density at radius 2 is 0.562 bits per heavy atom. The van der Waals surface area contributed by atoms with Crippen molar-refractivity contribution in [2.24, 2.45) is 0 Å². The molecule has 372 valence electrons. The maximum absolute atomic E-state index is 12.8. The number of rotatable bonds is 50. The SMILES string of the molecule is CCCCC/C=C\C/C=C\CCCCCCCCCC(=O)OC(COC(=O)CCCCCCCCCC)COC(=O)CCCCCCCCCCC/C=C\C/C=C\CCCCCCC. The van der Waals surface area contributed by atoms with Crippen LogP contribution in [0.3, 0.4) is 0 Å². The fraction of sp³-hybridized carbons (Fsp3) is 0.810. The van der Waals surface area contributed by atoms with Crippen LogP contribution in [0, 0.1) is 0 Å². The lowest BCUT2D eigenvalue weighted by atomic mass is 10.1. The largest absolute Gasteiger partial charge is 0.462 e. The molecule has 0 aromatic heterocycles. The summed E-state index contributed by atoms with van der Waals surface area (Å²) < 4.78 is 16.8. The van der Waals surface area contributed by atoms with Gasteiger partial charge >= 0.3 is 17.9 Å². The van der Waals surface area contributed by atoms with E-state index in [4.69, 9.17) is 14.2 Å². The van der Waals surface area contributed by atoms with Crippen LogP contribution < -0.4 is 0 Å². The zero-order valence-electron chi connectivity index (χ0n) is 42.6. The van der Waals surface area contributed by atoms with E-state index in [1.807, 2.05) is 0 Å². The van der Waals surface area contributed by atoms with Gasteiger partial charge in [0.1, 0.15) is 13.2 Å². The minimum Gasteiger partial charge on any atom is -0.462 e. The van der Waals surface area contributed by atoms with Gasteiger partial charge in [0.15, 0.2) is 6.10 Å². The van der Waals surface area contributed by atoms with Crippen LogP contribution in [0.2, 0.25) is 0 Å². The fourth-order valence-electron chi connectivity index (χ4n) is 7.86. The molecular formula is C58H104O6. The minimum atomic E-state index is -0.775. The Balaban J connectivity index is 4.25. The minimum absolute atomic E-state index is 0.0759. The van der Waals surface area contributed by atoms with Crippen LogP contribution in [0.4, 0.5) is 0 Å². The zero-order valence-corrected chi connectivity index (χ0v) is 42.6. The molecule has 0 saturated heterocycles. The fourth-order valence-corrected chi connectivity index (χ4v) is 7.86. The molecule has 0 aliphatic rings.